The van der Waals surface area contributed by atoms with Crippen molar-refractivity contribution in [2.75, 3.05) is 6.61 Å². The van der Waals surface area contributed by atoms with E-state index in [0.717, 1.165) is 13.8 Å². The summed E-state index contributed by atoms with van der Waals surface area (Å²) in [5, 5.41) is 0. The van der Waals surface area contributed by atoms with Crippen LogP contribution in [0.5, 0.6) is 0 Å². The van der Waals surface area contributed by atoms with Gasteiger partial charge in [-0.1, -0.05) is 0 Å². The van der Waals surface area contributed by atoms with Crippen molar-refractivity contribution in [2.45, 2.75) is 45.3 Å². The molecule has 1 unspecified atom stereocenters. The summed E-state index contributed by atoms with van der Waals surface area (Å²) in [6.07, 6.45) is -2.98. The molecule has 4 atom stereocenters. The minimum Gasteiger partial charge on any atom is -0.463 e. The molecule has 21 heavy (non-hydrogen) atoms. The van der Waals surface area contributed by atoms with Crippen molar-refractivity contribution in [2.24, 2.45) is 4.99 Å². The fourth-order valence-electron chi connectivity index (χ4n) is 1.85. The Labute approximate surface area is 120 Å². The Kier molecular flexibility index (Phi) is 6.01. The van der Waals surface area contributed by atoms with Gasteiger partial charge in [0.15, 0.2) is 12.2 Å². The zero-order valence-electron chi connectivity index (χ0n) is 11.7. The van der Waals surface area contributed by atoms with Gasteiger partial charge in [-0.25, -0.2) is 4.79 Å². The predicted octanol–water partition coefficient (Wildman–Crippen LogP) is -0.526. The first kappa shape index (κ1) is 16.8. The number of hydrogen-bond donors (Lipinski definition) is 0. The van der Waals surface area contributed by atoms with Gasteiger partial charge >= 0.3 is 17.9 Å². The smallest absolute Gasteiger partial charge is 0.303 e. The SMILES string of the molecule is CC(=O)OC[C@H]1O[C@@H](N=C=O)C(OC(C)=O)[C@H]1OC(C)=O. The topological polar surface area (TPSA) is 118 Å². The van der Waals surface area contributed by atoms with Crippen molar-refractivity contribution in [1.82, 2.24) is 0 Å². The van der Waals surface area contributed by atoms with E-state index in [-0.39, 0.29) is 6.61 Å². The third kappa shape index (κ3) is 4.97. The summed E-state index contributed by atoms with van der Waals surface area (Å²) in [4.78, 5) is 46.8. The molecule has 1 heterocycles. The minimum atomic E-state index is -1.18. The van der Waals surface area contributed by atoms with Crippen LogP contribution in [0.4, 0.5) is 0 Å². The second-order valence-electron chi connectivity index (χ2n) is 4.24. The number of rotatable bonds is 5. The first-order chi connectivity index (χ1) is 9.85. The van der Waals surface area contributed by atoms with E-state index in [0.29, 0.717) is 0 Å². The zero-order valence-corrected chi connectivity index (χ0v) is 11.7. The molecule has 0 aromatic carbocycles. The Morgan fingerprint density at radius 3 is 2.10 bits per heavy atom. The Hall–Kier alpha value is -2.25. The van der Waals surface area contributed by atoms with Gasteiger partial charge in [0.1, 0.15) is 12.7 Å². The molecule has 1 rings (SSSR count). The predicted molar refractivity (Wildman–Crippen MR) is 64.5 cm³/mol. The number of hydrogen-bond acceptors (Lipinski definition) is 9. The van der Waals surface area contributed by atoms with Crippen molar-refractivity contribution >= 4 is 24.0 Å². The maximum Gasteiger partial charge on any atom is 0.303 e. The Bertz CT molecular complexity index is 470. The molecule has 0 N–H and O–H groups in total. The molecule has 9 heteroatoms. The maximum atomic E-state index is 11.1. The minimum absolute atomic E-state index is 0.240. The van der Waals surface area contributed by atoms with Crippen molar-refractivity contribution in [3.05, 3.63) is 0 Å². The van der Waals surface area contributed by atoms with Gasteiger partial charge in [0.05, 0.1) is 0 Å². The van der Waals surface area contributed by atoms with Crippen molar-refractivity contribution < 1.29 is 38.1 Å². The number of isocyanates is 1. The third-order valence-electron chi connectivity index (χ3n) is 2.52. The van der Waals surface area contributed by atoms with Gasteiger partial charge in [0.25, 0.3) is 0 Å². The summed E-state index contributed by atoms with van der Waals surface area (Å²) >= 11 is 0. The number of nitrogens with zero attached hydrogens (tertiary/aromatic N) is 1. The van der Waals surface area contributed by atoms with Crippen LogP contribution in [0.25, 0.3) is 0 Å². The van der Waals surface area contributed by atoms with Crippen LogP contribution in [0.15, 0.2) is 4.99 Å². The van der Waals surface area contributed by atoms with E-state index in [2.05, 4.69) is 4.99 Å². The summed E-state index contributed by atoms with van der Waals surface area (Å²) in [6, 6.07) is 0. The molecule has 9 nitrogen and oxygen atoms in total. The average molecular weight is 301 g/mol. The Balaban J connectivity index is 2.95. The molecule has 0 amide bonds. The maximum absolute atomic E-state index is 11.1. The van der Waals surface area contributed by atoms with Gasteiger partial charge in [-0.3, -0.25) is 14.4 Å². The fourth-order valence-corrected chi connectivity index (χ4v) is 1.85. The number of carbonyl (C=O) groups excluding carboxylic acids is 4. The van der Waals surface area contributed by atoms with E-state index in [9.17, 15) is 19.2 Å². The third-order valence-corrected chi connectivity index (χ3v) is 2.52. The highest BCUT2D eigenvalue weighted by Gasteiger charge is 2.49. The molecular formula is C12H15NO8. The Morgan fingerprint density at radius 1 is 1.05 bits per heavy atom. The molecule has 0 aliphatic carbocycles. The van der Waals surface area contributed by atoms with Crippen LogP contribution in [-0.2, 0) is 38.1 Å². The molecule has 1 saturated heterocycles. The highest BCUT2D eigenvalue weighted by Crippen LogP contribution is 2.28. The number of esters is 3. The largest absolute Gasteiger partial charge is 0.463 e. The summed E-state index contributed by atoms with van der Waals surface area (Å²) in [5.41, 5.74) is 0. The first-order valence-corrected chi connectivity index (χ1v) is 6.05. The van der Waals surface area contributed by atoms with E-state index in [1.807, 2.05) is 0 Å². The molecule has 0 saturated carbocycles. The molecule has 0 spiro atoms. The first-order valence-electron chi connectivity index (χ1n) is 6.05. The van der Waals surface area contributed by atoms with E-state index >= 15 is 0 Å². The lowest BCUT2D eigenvalue weighted by Crippen LogP contribution is -2.40. The summed E-state index contributed by atoms with van der Waals surface area (Å²) < 4.78 is 20.1. The number of ether oxygens (including phenoxy) is 4. The van der Waals surface area contributed by atoms with Crippen molar-refractivity contribution in [3.8, 4) is 0 Å². The van der Waals surface area contributed by atoms with Gasteiger partial charge in [-0.05, 0) is 0 Å². The molecule has 1 aliphatic rings. The van der Waals surface area contributed by atoms with Crippen LogP contribution in [-0.4, -0.2) is 55.1 Å². The molecular weight excluding hydrogens is 286 g/mol. The molecule has 0 aromatic rings. The van der Waals surface area contributed by atoms with Crippen LogP contribution >= 0.6 is 0 Å². The van der Waals surface area contributed by atoms with Gasteiger partial charge in [0.2, 0.25) is 12.3 Å². The second-order valence-corrected chi connectivity index (χ2v) is 4.24. The van der Waals surface area contributed by atoms with Gasteiger partial charge in [0, 0.05) is 20.8 Å². The van der Waals surface area contributed by atoms with Crippen LogP contribution in [0, 0.1) is 0 Å². The summed E-state index contributed by atoms with van der Waals surface area (Å²) in [5.74, 6) is -1.88. The second kappa shape index (κ2) is 7.51. The van der Waals surface area contributed by atoms with E-state index in [1.54, 1.807) is 0 Å². The van der Waals surface area contributed by atoms with Gasteiger partial charge in [-0.15, -0.1) is 0 Å². The zero-order chi connectivity index (χ0) is 16.0. The quantitative estimate of drug-likeness (QED) is 0.288. The standard InChI is InChI=1S/C12H15NO8/c1-6(15)18-4-9-10(19-7(2)16)11(20-8(3)17)12(21-9)13-5-14/h9-12H,4H2,1-3H3/t9-,10+,11?,12-/m1/s1. The van der Waals surface area contributed by atoms with Crippen LogP contribution in [0.1, 0.15) is 20.8 Å². The van der Waals surface area contributed by atoms with Crippen LogP contribution in [0.3, 0.4) is 0 Å². The molecule has 116 valence electrons. The lowest BCUT2D eigenvalue weighted by molar-refractivity contribution is -0.165. The average Bonchev–Trinajstić information content (AvgIpc) is 2.65. The summed E-state index contributed by atoms with van der Waals surface area (Å²) in [7, 11) is 0. The lowest BCUT2D eigenvalue weighted by atomic mass is 10.1. The molecule has 0 aromatic heterocycles. The lowest BCUT2D eigenvalue weighted by Gasteiger charge is -2.21. The van der Waals surface area contributed by atoms with E-state index in [1.165, 1.54) is 13.0 Å². The number of carbonyl (C=O) groups is 3. The van der Waals surface area contributed by atoms with Crippen molar-refractivity contribution in [3.63, 3.8) is 0 Å². The molecule has 0 bridgehead atoms. The molecule has 0 radical (unpaired) electrons. The fraction of sp³-hybridized carbons (Fsp3) is 0.667. The monoisotopic (exact) mass is 301 g/mol. The van der Waals surface area contributed by atoms with Crippen LogP contribution < -0.4 is 0 Å². The highest BCUT2D eigenvalue weighted by molar-refractivity contribution is 5.68. The van der Waals surface area contributed by atoms with Crippen LogP contribution in [0.2, 0.25) is 0 Å². The normalized spacial score (nSPS) is 27.4. The van der Waals surface area contributed by atoms with E-state index < -0.39 is 42.4 Å². The molecule has 1 fully saturated rings. The number of aliphatic imine (C=N–C) groups is 1. The van der Waals surface area contributed by atoms with E-state index in [4.69, 9.17) is 18.9 Å². The Morgan fingerprint density at radius 2 is 1.62 bits per heavy atom. The van der Waals surface area contributed by atoms with Gasteiger partial charge in [-0.2, -0.15) is 4.99 Å². The molecule has 1 aliphatic heterocycles. The van der Waals surface area contributed by atoms with Gasteiger partial charge < -0.3 is 18.9 Å². The summed E-state index contributed by atoms with van der Waals surface area (Å²) in [6.45, 7) is 3.26. The van der Waals surface area contributed by atoms with Crippen molar-refractivity contribution in [1.29, 1.82) is 0 Å². The highest BCUT2D eigenvalue weighted by atomic mass is 16.7.